The van der Waals surface area contributed by atoms with Crippen LogP contribution in [0.2, 0.25) is 5.02 Å². The summed E-state index contributed by atoms with van der Waals surface area (Å²) in [7, 11) is 0. The highest BCUT2D eigenvalue weighted by Gasteiger charge is 2.13. The van der Waals surface area contributed by atoms with Gasteiger partial charge >= 0.3 is 0 Å². The lowest BCUT2D eigenvalue weighted by atomic mass is 10.1. The molecule has 0 spiro atoms. The first-order valence-electron chi connectivity index (χ1n) is 9.57. The normalized spacial score (nSPS) is 10.5. The van der Waals surface area contributed by atoms with Gasteiger partial charge in [-0.25, -0.2) is 0 Å². The van der Waals surface area contributed by atoms with E-state index in [-0.39, 0.29) is 24.1 Å². The Kier molecular flexibility index (Phi) is 8.68. The molecule has 3 amide bonds. The molecule has 29 heavy (non-hydrogen) atoms. The molecule has 2 aromatic carbocycles. The fourth-order valence-electron chi connectivity index (χ4n) is 2.55. The second kappa shape index (κ2) is 11.2. The lowest BCUT2D eigenvalue weighted by Crippen LogP contribution is -2.28. The van der Waals surface area contributed by atoms with Crippen molar-refractivity contribution >= 4 is 35.0 Å². The summed E-state index contributed by atoms with van der Waals surface area (Å²) in [5.41, 5.74) is 1.42. The molecular weight excluding hydrogens is 390 g/mol. The Labute approximate surface area is 176 Å². The number of nitrogens with one attached hydrogen (secondary N) is 3. The molecule has 2 rings (SSSR count). The van der Waals surface area contributed by atoms with Gasteiger partial charge in [-0.15, -0.1) is 0 Å². The lowest BCUT2D eigenvalue weighted by molar-refractivity contribution is -0.116. The molecule has 0 aliphatic carbocycles. The summed E-state index contributed by atoms with van der Waals surface area (Å²) in [6.45, 7) is 4.96. The van der Waals surface area contributed by atoms with Crippen molar-refractivity contribution < 1.29 is 14.4 Å². The molecule has 3 N–H and O–H groups in total. The number of anilines is 1. The van der Waals surface area contributed by atoms with Crippen LogP contribution < -0.4 is 16.0 Å². The van der Waals surface area contributed by atoms with Crippen LogP contribution in [0.5, 0.6) is 0 Å². The van der Waals surface area contributed by atoms with Crippen molar-refractivity contribution in [3.63, 3.8) is 0 Å². The van der Waals surface area contributed by atoms with E-state index in [1.165, 1.54) is 0 Å². The first-order valence-corrected chi connectivity index (χ1v) is 9.95. The molecule has 0 aliphatic heterocycles. The van der Waals surface area contributed by atoms with Crippen molar-refractivity contribution in [3.8, 4) is 0 Å². The maximum Gasteiger partial charge on any atom is 0.253 e. The minimum Gasteiger partial charge on any atom is -0.352 e. The number of carbonyl (C=O) groups is 3. The average molecular weight is 416 g/mol. The molecule has 0 aliphatic rings. The Morgan fingerprint density at radius 2 is 1.62 bits per heavy atom. The fraction of sp³-hybridized carbons (Fsp3) is 0.318. The summed E-state index contributed by atoms with van der Waals surface area (Å²) in [4.78, 5) is 36.6. The minimum atomic E-state index is -0.218. The van der Waals surface area contributed by atoms with E-state index in [2.05, 4.69) is 16.0 Å². The van der Waals surface area contributed by atoms with Crippen molar-refractivity contribution in [2.45, 2.75) is 26.7 Å². The van der Waals surface area contributed by atoms with E-state index >= 15 is 0 Å². The van der Waals surface area contributed by atoms with E-state index in [9.17, 15) is 14.4 Å². The first-order chi connectivity index (χ1) is 13.9. The van der Waals surface area contributed by atoms with Crippen molar-refractivity contribution in [1.82, 2.24) is 10.6 Å². The quantitative estimate of drug-likeness (QED) is 0.543. The van der Waals surface area contributed by atoms with Gasteiger partial charge < -0.3 is 16.0 Å². The monoisotopic (exact) mass is 415 g/mol. The Hall–Kier alpha value is -2.86. The molecule has 6 nitrogen and oxygen atoms in total. The van der Waals surface area contributed by atoms with Crippen molar-refractivity contribution in [2.75, 3.05) is 18.4 Å². The van der Waals surface area contributed by atoms with Gasteiger partial charge in [0.15, 0.2) is 0 Å². The number of hydrogen-bond acceptors (Lipinski definition) is 3. The van der Waals surface area contributed by atoms with Crippen LogP contribution in [-0.4, -0.2) is 30.8 Å². The highest BCUT2D eigenvalue weighted by Crippen LogP contribution is 2.15. The van der Waals surface area contributed by atoms with Gasteiger partial charge in [-0.3, -0.25) is 14.4 Å². The van der Waals surface area contributed by atoms with Crippen molar-refractivity contribution in [3.05, 3.63) is 64.7 Å². The summed E-state index contributed by atoms with van der Waals surface area (Å²) in [6, 6.07) is 13.5. The third kappa shape index (κ3) is 7.58. The molecule has 0 saturated heterocycles. The Morgan fingerprint density at radius 1 is 0.931 bits per heavy atom. The lowest BCUT2D eigenvalue weighted by Gasteiger charge is -2.12. The molecule has 154 valence electrons. The third-order valence-electron chi connectivity index (χ3n) is 4.09. The molecule has 0 fully saturated rings. The number of para-hydroxylation sites is 1. The summed E-state index contributed by atoms with van der Waals surface area (Å²) < 4.78 is 0. The second-order valence-corrected chi connectivity index (χ2v) is 7.50. The number of carbonyl (C=O) groups excluding carboxylic acids is 3. The van der Waals surface area contributed by atoms with E-state index in [4.69, 9.17) is 11.6 Å². The smallest absolute Gasteiger partial charge is 0.253 e. The highest BCUT2D eigenvalue weighted by atomic mass is 35.5. The molecule has 0 unspecified atom stereocenters. The summed E-state index contributed by atoms with van der Waals surface area (Å²) in [5, 5.41) is 8.96. The molecule has 0 aromatic heterocycles. The van der Waals surface area contributed by atoms with Gasteiger partial charge in [-0.2, -0.15) is 0 Å². The molecule has 0 heterocycles. The predicted octanol–water partition coefficient (Wildman–Crippen LogP) is 3.87. The number of halogens is 1. The Bertz CT molecular complexity index is 851. The topological polar surface area (TPSA) is 87.3 Å². The van der Waals surface area contributed by atoms with Gasteiger partial charge in [-0.1, -0.05) is 37.6 Å². The Balaban J connectivity index is 1.80. The Morgan fingerprint density at radius 3 is 2.31 bits per heavy atom. The largest absolute Gasteiger partial charge is 0.352 e. The van der Waals surface area contributed by atoms with Gasteiger partial charge in [0.25, 0.3) is 11.8 Å². The predicted molar refractivity (Wildman–Crippen MR) is 115 cm³/mol. The van der Waals surface area contributed by atoms with Gasteiger partial charge in [0.1, 0.15) is 0 Å². The molecule has 7 heteroatoms. The average Bonchev–Trinajstić information content (AvgIpc) is 2.70. The van der Waals surface area contributed by atoms with Gasteiger partial charge in [0.2, 0.25) is 5.91 Å². The zero-order valence-corrected chi connectivity index (χ0v) is 17.4. The zero-order chi connectivity index (χ0) is 21.2. The van der Waals surface area contributed by atoms with Crippen LogP contribution >= 0.6 is 11.6 Å². The standard InChI is InChI=1S/C22H26ClN3O3/c1-15(2)14-25-22(29)18-6-3-4-7-19(18)26-20(27)8-5-13-24-21(28)16-9-11-17(23)12-10-16/h3-4,6-7,9-12,15H,5,8,13-14H2,1-2H3,(H,24,28)(H,25,29)(H,26,27). The van der Waals surface area contributed by atoms with Crippen LogP contribution in [0.1, 0.15) is 47.4 Å². The molecule has 0 bridgehead atoms. The van der Waals surface area contributed by atoms with Crippen LogP contribution in [-0.2, 0) is 4.79 Å². The number of amides is 3. The van der Waals surface area contributed by atoms with Crippen LogP contribution in [0, 0.1) is 5.92 Å². The summed E-state index contributed by atoms with van der Waals surface area (Å²) in [5.74, 6) is -0.308. The highest BCUT2D eigenvalue weighted by molar-refractivity contribution is 6.30. The number of hydrogen-bond donors (Lipinski definition) is 3. The van der Waals surface area contributed by atoms with Crippen LogP contribution in [0.15, 0.2) is 48.5 Å². The van der Waals surface area contributed by atoms with E-state index < -0.39 is 0 Å². The minimum absolute atomic E-state index is 0.213. The van der Waals surface area contributed by atoms with E-state index in [0.29, 0.717) is 47.3 Å². The number of rotatable bonds is 9. The number of benzene rings is 2. The SMILES string of the molecule is CC(C)CNC(=O)c1ccccc1NC(=O)CCCNC(=O)c1ccc(Cl)cc1. The second-order valence-electron chi connectivity index (χ2n) is 7.06. The maximum absolute atomic E-state index is 12.3. The summed E-state index contributed by atoms with van der Waals surface area (Å²) >= 11 is 5.81. The van der Waals surface area contributed by atoms with E-state index in [0.717, 1.165) is 0 Å². The zero-order valence-electron chi connectivity index (χ0n) is 16.6. The van der Waals surface area contributed by atoms with Gasteiger partial charge in [0, 0.05) is 30.1 Å². The van der Waals surface area contributed by atoms with Crippen LogP contribution in [0.25, 0.3) is 0 Å². The molecule has 2 aromatic rings. The van der Waals surface area contributed by atoms with Crippen LogP contribution in [0.3, 0.4) is 0 Å². The van der Waals surface area contributed by atoms with Gasteiger partial charge in [0.05, 0.1) is 11.3 Å². The molecule has 0 atom stereocenters. The van der Waals surface area contributed by atoms with Crippen molar-refractivity contribution in [1.29, 1.82) is 0 Å². The van der Waals surface area contributed by atoms with Crippen LogP contribution in [0.4, 0.5) is 5.69 Å². The van der Waals surface area contributed by atoms with Gasteiger partial charge in [-0.05, 0) is 48.7 Å². The summed E-state index contributed by atoms with van der Waals surface area (Å²) in [6.07, 6.45) is 0.704. The molecule has 0 saturated carbocycles. The molecule has 0 radical (unpaired) electrons. The van der Waals surface area contributed by atoms with Crippen molar-refractivity contribution in [2.24, 2.45) is 5.92 Å². The third-order valence-corrected chi connectivity index (χ3v) is 4.34. The van der Waals surface area contributed by atoms with E-state index in [1.807, 2.05) is 13.8 Å². The first kappa shape index (κ1) is 22.4. The van der Waals surface area contributed by atoms with E-state index in [1.54, 1.807) is 48.5 Å². The molecular formula is C22H26ClN3O3. The fourth-order valence-corrected chi connectivity index (χ4v) is 2.68. The maximum atomic E-state index is 12.3.